The van der Waals surface area contributed by atoms with E-state index >= 15 is 0 Å². The Morgan fingerprint density at radius 1 is 1.10 bits per heavy atom. The fraction of sp³-hybridized carbons (Fsp3) is 0.200. The van der Waals surface area contributed by atoms with Crippen LogP contribution in [0.3, 0.4) is 0 Å². The van der Waals surface area contributed by atoms with Gasteiger partial charge in [-0.2, -0.15) is 0 Å². The smallest absolute Gasteiger partial charge is 0.140 e. The summed E-state index contributed by atoms with van der Waals surface area (Å²) in [6.07, 6.45) is -0.265. The summed E-state index contributed by atoms with van der Waals surface area (Å²) < 4.78 is 7.92. The molecule has 0 saturated heterocycles. The minimum Gasteiger partial charge on any atom is -0.483 e. The van der Waals surface area contributed by atoms with Crippen LogP contribution in [-0.4, -0.2) is 6.04 Å². The van der Waals surface area contributed by atoms with E-state index < -0.39 is 0 Å². The lowest BCUT2D eigenvalue weighted by Gasteiger charge is -2.24. The van der Waals surface area contributed by atoms with Crippen molar-refractivity contribution in [1.29, 1.82) is 0 Å². The van der Waals surface area contributed by atoms with Crippen LogP contribution in [0.1, 0.15) is 18.6 Å². The van der Waals surface area contributed by atoms with Gasteiger partial charge in [-0.25, -0.2) is 0 Å². The van der Waals surface area contributed by atoms with E-state index in [0.29, 0.717) is 10.8 Å². The van der Waals surface area contributed by atoms with Gasteiger partial charge in [0, 0.05) is 15.0 Å². The van der Waals surface area contributed by atoms with Gasteiger partial charge in [0.25, 0.3) is 0 Å². The summed E-state index contributed by atoms with van der Waals surface area (Å²) >= 11 is 13.0. The van der Waals surface area contributed by atoms with E-state index in [0.717, 1.165) is 14.5 Å². The third-order valence-corrected chi connectivity index (χ3v) is 4.10. The van der Waals surface area contributed by atoms with Crippen molar-refractivity contribution in [2.45, 2.75) is 19.1 Å². The number of hydrogen-bond donors (Lipinski definition) is 1. The van der Waals surface area contributed by atoms with Gasteiger partial charge >= 0.3 is 0 Å². The molecule has 0 aromatic heterocycles. The highest BCUT2D eigenvalue weighted by molar-refractivity contribution is 9.10. The molecule has 0 fully saturated rings. The molecule has 0 spiro atoms. The van der Waals surface area contributed by atoms with Crippen LogP contribution in [0, 0.1) is 0 Å². The summed E-state index contributed by atoms with van der Waals surface area (Å²) in [5.41, 5.74) is 7.06. The second-order valence-corrected chi connectivity index (χ2v) is 6.77. The zero-order chi connectivity index (χ0) is 14.7. The largest absolute Gasteiger partial charge is 0.483 e. The van der Waals surface area contributed by atoms with Crippen molar-refractivity contribution in [1.82, 2.24) is 0 Å². The zero-order valence-corrected chi connectivity index (χ0v) is 14.7. The van der Waals surface area contributed by atoms with Crippen LogP contribution in [0.2, 0.25) is 5.02 Å². The number of halogens is 3. The number of hydrogen-bond acceptors (Lipinski definition) is 2. The summed E-state index contributed by atoms with van der Waals surface area (Å²) in [7, 11) is 0. The maximum Gasteiger partial charge on any atom is 0.140 e. The molecule has 0 amide bonds. The molecule has 2 N–H and O–H groups in total. The number of rotatable bonds is 4. The van der Waals surface area contributed by atoms with Gasteiger partial charge in [0.2, 0.25) is 0 Å². The normalized spacial score (nSPS) is 13.8. The maximum absolute atomic E-state index is 6.17. The molecule has 0 radical (unpaired) electrons. The maximum atomic E-state index is 6.17. The van der Waals surface area contributed by atoms with Crippen LogP contribution in [0.15, 0.2) is 51.4 Å². The first-order chi connectivity index (χ1) is 9.47. The second-order valence-electron chi connectivity index (χ2n) is 4.53. The fourth-order valence-electron chi connectivity index (χ4n) is 1.87. The molecule has 0 aliphatic heterocycles. The summed E-state index contributed by atoms with van der Waals surface area (Å²) in [6, 6.07) is 13.3. The Morgan fingerprint density at radius 3 is 2.45 bits per heavy atom. The molecule has 0 saturated carbocycles. The molecule has 0 aliphatic carbocycles. The molecule has 0 bridgehead atoms. The molecule has 2 aromatic carbocycles. The van der Waals surface area contributed by atoms with Crippen molar-refractivity contribution < 1.29 is 4.74 Å². The highest BCUT2D eigenvalue weighted by atomic mass is 79.9. The van der Waals surface area contributed by atoms with Gasteiger partial charge in [-0.15, -0.1) is 0 Å². The Labute approximate surface area is 140 Å². The SMILES string of the molecule is CC(N)C(Oc1cc(Br)ccc1Cl)c1cccc(Br)c1. The molecule has 0 aliphatic rings. The molecule has 106 valence electrons. The highest BCUT2D eigenvalue weighted by Crippen LogP contribution is 2.33. The van der Waals surface area contributed by atoms with Crippen LogP contribution >= 0.6 is 43.5 Å². The first kappa shape index (κ1) is 15.8. The molecule has 2 rings (SSSR count). The van der Waals surface area contributed by atoms with Crippen molar-refractivity contribution in [3.8, 4) is 5.75 Å². The Balaban J connectivity index is 2.33. The predicted octanol–water partition coefficient (Wildman–Crippen LogP) is 5.33. The van der Waals surface area contributed by atoms with Crippen molar-refractivity contribution in [2.24, 2.45) is 5.73 Å². The van der Waals surface area contributed by atoms with Crippen molar-refractivity contribution in [3.05, 3.63) is 62.0 Å². The number of nitrogens with two attached hydrogens (primary N) is 1. The second kappa shape index (κ2) is 6.94. The fourth-order valence-corrected chi connectivity index (χ4v) is 2.79. The zero-order valence-electron chi connectivity index (χ0n) is 10.8. The quantitative estimate of drug-likeness (QED) is 0.727. The van der Waals surface area contributed by atoms with Gasteiger partial charge < -0.3 is 10.5 Å². The van der Waals surface area contributed by atoms with E-state index in [1.165, 1.54) is 0 Å². The average Bonchev–Trinajstić information content (AvgIpc) is 2.39. The van der Waals surface area contributed by atoms with E-state index in [1.807, 2.05) is 43.3 Å². The monoisotopic (exact) mass is 417 g/mol. The van der Waals surface area contributed by atoms with Gasteiger partial charge in [0.15, 0.2) is 0 Å². The van der Waals surface area contributed by atoms with E-state index in [2.05, 4.69) is 31.9 Å². The average molecular weight is 420 g/mol. The van der Waals surface area contributed by atoms with Gasteiger partial charge in [-0.3, -0.25) is 0 Å². The van der Waals surface area contributed by atoms with Crippen LogP contribution in [-0.2, 0) is 0 Å². The first-order valence-corrected chi connectivity index (χ1v) is 8.06. The van der Waals surface area contributed by atoms with Crippen molar-refractivity contribution in [2.75, 3.05) is 0 Å². The summed E-state index contributed by atoms with van der Waals surface area (Å²) in [5, 5.41) is 0.564. The summed E-state index contributed by atoms with van der Waals surface area (Å²) in [5.74, 6) is 0.614. The Kier molecular flexibility index (Phi) is 5.49. The lowest BCUT2D eigenvalue weighted by Crippen LogP contribution is -2.29. The Bertz CT molecular complexity index is 604. The lowest BCUT2D eigenvalue weighted by molar-refractivity contribution is 0.180. The van der Waals surface area contributed by atoms with Crippen LogP contribution < -0.4 is 10.5 Å². The van der Waals surface area contributed by atoms with E-state index in [9.17, 15) is 0 Å². The third kappa shape index (κ3) is 3.98. The molecule has 2 nitrogen and oxygen atoms in total. The number of ether oxygens (including phenoxy) is 1. The van der Waals surface area contributed by atoms with Crippen molar-refractivity contribution in [3.63, 3.8) is 0 Å². The van der Waals surface area contributed by atoms with E-state index in [1.54, 1.807) is 6.07 Å². The van der Waals surface area contributed by atoms with Gasteiger partial charge in [0.05, 0.1) is 5.02 Å². The molecule has 2 atom stereocenters. The number of benzene rings is 2. The first-order valence-electron chi connectivity index (χ1n) is 6.10. The minimum atomic E-state index is -0.265. The topological polar surface area (TPSA) is 35.2 Å². The third-order valence-electron chi connectivity index (χ3n) is 2.80. The predicted molar refractivity (Wildman–Crippen MR) is 90.3 cm³/mol. The van der Waals surface area contributed by atoms with Crippen LogP contribution in [0.5, 0.6) is 5.75 Å². The van der Waals surface area contributed by atoms with Gasteiger partial charge in [-0.05, 0) is 42.8 Å². The summed E-state index contributed by atoms with van der Waals surface area (Å²) in [4.78, 5) is 0. The molecule has 20 heavy (non-hydrogen) atoms. The van der Waals surface area contributed by atoms with Gasteiger partial charge in [-0.1, -0.05) is 55.6 Å². The molecule has 2 aromatic rings. The Hall–Kier alpha value is -0.550. The minimum absolute atomic E-state index is 0.167. The van der Waals surface area contributed by atoms with Crippen LogP contribution in [0.25, 0.3) is 0 Å². The lowest BCUT2D eigenvalue weighted by atomic mass is 10.0. The molecular weight excluding hydrogens is 405 g/mol. The van der Waals surface area contributed by atoms with Gasteiger partial charge in [0.1, 0.15) is 11.9 Å². The Morgan fingerprint density at radius 2 is 1.80 bits per heavy atom. The molecule has 0 heterocycles. The molecule has 2 unspecified atom stereocenters. The van der Waals surface area contributed by atoms with E-state index in [-0.39, 0.29) is 12.1 Å². The molecule has 5 heteroatoms. The standard InChI is InChI=1S/C15H14Br2ClNO/c1-9(19)15(10-3-2-4-11(16)7-10)20-14-8-12(17)5-6-13(14)18/h2-9,15H,19H2,1H3. The van der Waals surface area contributed by atoms with Crippen LogP contribution in [0.4, 0.5) is 0 Å². The summed E-state index contributed by atoms with van der Waals surface area (Å²) in [6.45, 7) is 1.91. The highest BCUT2D eigenvalue weighted by Gasteiger charge is 2.19. The van der Waals surface area contributed by atoms with E-state index in [4.69, 9.17) is 22.1 Å². The van der Waals surface area contributed by atoms with Crippen molar-refractivity contribution >= 4 is 43.5 Å². The molecular formula is C15H14Br2ClNO.